The summed E-state index contributed by atoms with van der Waals surface area (Å²) in [6.45, 7) is 4.27. The molecule has 1 aliphatic carbocycles. The molecule has 0 bridgehead atoms. The van der Waals surface area contributed by atoms with E-state index < -0.39 is 6.09 Å². The second-order valence-corrected chi connectivity index (χ2v) is 5.08. The second kappa shape index (κ2) is 6.97. The first kappa shape index (κ1) is 15.2. The second-order valence-electron chi connectivity index (χ2n) is 5.08. The molecule has 1 amide bonds. The largest absolute Gasteiger partial charge is 0.443 e. The Labute approximate surface area is 125 Å². The predicted molar refractivity (Wildman–Crippen MR) is 85.0 cm³/mol. The van der Waals surface area contributed by atoms with Crippen LogP contribution in [0.4, 0.5) is 4.79 Å². The Bertz CT molecular complexity index is 613. The van der Waals surface area contributed by atoms with Gasteiger partial charge in [-0.3, -0.25) is 4.99 Å². The Morgan fingerprint density at radius 3 is 2.57 bits per heavy atom. The van der Waals surface area contributed by atoms with Crippen molar-refractivity contribution in [2.24, 2.45) is 9.98 Å². The van der Waals surface area contributed by atoms with Crippen molar-refractivity contribution in [3.63, 3.8) is 0 Å². The number of rotatable bonds is 2. The molecule has 0 saturated carbocycles. The third-order valence-electron chi connectivity index (χ3n) is 3.68. The Morgan fingerprint density at radius 1 is 1.19 bits per heavy atom. The highest BCUT2D eigenvalue weighted by atomic mass is 16.5. The van der Waals surface area contributed by atoms with Crippen LogP contribution in [-0.2, 0) is 11.3 Å². The first-order valence-corrected chi connectivity index (χ1v) is 7.04. The minimum absolute atomic E-state index is 0.233. The van der Waals surface area contributed by atoms with Gasteiger partial charge in [0.15, 0.2) is 0 Å². The summed E-state index contributed by atoms with van der Waals surface area (Å²) in [5.41, 5.74) is 4.76. The van der Waals surface area contributed by atoms with Crippen LogP contribution in [0.3, 0.4) is 0 Å². The van der Waals surface area contributed by atoms with E-state index in [9.17, 15) is 4.79 Å². The third kappa shape index (κ3) is 3.88. The van der Waals surface area contributed by atoms with E-state index in [2.05, 4.69) is 16.9 Å². The van der Waals surface area contributed by atoms with Crippen molar-refractivity contribution in [2.45, 2.75) is 33.3 Å². The molecule has 4 nitrogen and oxygen atoms in total. The highest BCUT2D eigenvalue weighted by Crippen LogP contribution is 2.21. The topological polar surface area (TPSA) is 51.0 Å². The molecule has 0 N–H and O–H groups in total. The standard InChI is InChI=1S/C17H20N2O2/c1-12-9-10-15(18-3)16(13(12)2)19-17(20)21-11-14-7-5-4-6-8-14/h4-8H,9-11H2,1-3H3. The number of allylic oxidation sites excluding steroid dienone is 2. The lowest BCUT2D eigenvalue weighted by Gasteiger charge is -2.18. The molecule has 21 heavy (non-hydrogen) atoms. The molecule has 0 aromatic heterocycles. The first-order valence-electron chi connectivity index (χ1n) is 7.04. The van der Waals surface area contributed by atoms with Crippen molar-refractivity contribution in [3.8, 4) is 0 Å². The molecule has 0 radical (unpaired) electrons. The number of amides is 1. The van der Waals surface area contributed by atoms with Gasteiger partial charge in [0.1, 0.15) is 6.61 Å². The summed E-state index contributed by atoms with van der Waals surface area (Å²) in [4.78, 5) is 20.2. The van der Waals surface area contributed by atoms with Gasteiger partial charge in [-0.1, -0.05) is 35.9 Å². The number of carbonyl (C=O) groups is 1. The maximum Gasteiger partial charge on any atom is 0.434 e. The zero-order valence-electron chi connectivity index (χ0n) is 12.7. The lowest BCUT2D eigenvalue weighted by molar-refractivity contribution is 0.151. The van der Waals surface area contributed by atoms with Crippen molar-refractivity contribution in [3.05, 3.63) is 47.0 Å². The Morgan fingerprint density at radius 2 is 1.90 bits per heavy atom. The number of nitrogens with zero attached hydrogens (tertiary/aromatic N) is 2. The highest BCUT2D eigenvalue weighted by molar-refractivity contribution is 6.50. The molecular weight excluding hydrogens is 264 g/mol. The number of aliphatic imine (C=N–C) groups is 2. The molecular formula is C17H20N2O2. The molecule has 0 aliphatic heterocycles. The number of hydrogen-bond acceptors (Lipinski definition) is 3. The average Bonchev–Trinajstić information content (AvgIpc) is 2.51. The van der Waals surface area contributed by atoms with E-state index in [0.717, 1.165) is 29.7 Å². The van der Waals surface area contributed by atoms with Gasteiger partial charge in [-0.2, -0.15) is 4.99 Å². The number of ether oxygens (including phenoxy) is 1. The molecule has 1 aromatic carbocycles. The van der Waals surface area contributed by atoms with Crippen molar-refractivity contribution >= 4 is 17.5 Å². The molecule has 0 atom stereocenters. The van der Waals surface area contributed by atoms with Gasteiger partial charge in [-0.05, 0) is 37.8 Å². The third-order valence-corrected chi connectivity index (χ3v) is 3.68. The zero-order valence-corrected chi connectivity index (χ0v) is 12.7. The quantitative estimate of drug-likeness (QED) is 0.825. The summed E-state index contributed by atoms with van der Waals surface area (Å²) in [5.74, 6) is 0. The highest BCUT2D eigenvalue weighted by Gasteiger charge is 2.20. The van der Waals surface area contributed by atoms with Gasteiger partial charge in [0.25, 0.3) is 0 Å². The summed E-state index contributed by atoms with van der Waals surface area (Å²) in [5, 5.41) is 0. The maximum atomic E-state index is 11.9. The van der Waals surface area contributed by atoms with E-state index >= 15 is 0 Å². The number of benzene rings is 1. The van der Waals surface area contributed by atoms with Crippen LogP contribution in [0.1, 0.15) is 32.3 Å². The van der Waals surface area contributed by atoms with E-state index in [0.29, 0.717) is 5.71 Å². The minimum Gasteiger partial charge on any atom is -0.443 e. The fraction of sp³-hybridized carbons (Fsp3) is 0.353. The Balaban J connectivity index is 2.10. The molecule has 0 heterocycles. The van der Waals surface area contributed by atoms with E-state index in [1.165, 1.54) is 5.57 Å². The summed E-state index contributed by atoms with van der Waals surface area (Å²) >= 11 is 0. The molecule has 2 rings (SSSR count). The lowest BCUT2D eigenvalue weighted by atomic mass is 9.90. The summed E-state index contributed by atoms with van der Waals surface area (Å²) in [7, 11) is 1.73. The maximum absolute atomic E-state index is 11.9. The van der Waals surface area contributed by atoms with Gasteiger partial charge in [0.05, 0.1) is 11.4 Å². The van der Waals surface area contributed by atoms with Crippen LogP contribution in [0.2, 0.25) is 0 Å². The minimum atomic E-state index is -0.566. The molecule has 0 saturated heterocycles. The van der Waals surface area contributed by atoms with Crippen LogP contribution in [0.5, 0.6) is 0 Å². The number of hydrogen-bond donors (Lipinski definition) is 0. The van der Waals surface area contributed by atoms with Crippen LogP contribution in [0.25, 0.3) is 0 Å². The van der Waals surface area contributed by atoms with Gasteiger partial charge in [-0.25, -0.2) is 4.79 Å². The molecule has 110 valence electrons. The van der Waals surface area contributed by atoms with Crippen molar-refractivity contribution in [1.29, 1.82) is 0 Å². The van der Waals surface area contributed by atoms with Crippen LogP contribution >= 0.6 is 0 Å². The van der Waals surface area contributed by atoms with E-state index in [4.69, 9.17) is 4.74 Å². The van der Waals surface area contributed by atoms with Crippen LogP contribution in [-0.4, -0.2) is 24.6 Å². The van der Waals surface area contributed by atoms with Crippen LogP contribution in [0, 0.1) is 0 Å². The molecule has 1 aromatic rings. The van der Waals surface area contributed by atoms with Gasteiger partial charge in [0.2, 0.25) is 0 Å². The summed E-state index contributed by atoms with van der Waals surface area (Å²) in [6, 6.07) is 9.57. The monoisotopic (exact) mass is 284 g/mol. The molecule has 0 spiro atoms. The first-order chi connectivity index (χ1) is 10.1. The molecule has 4 heteroatoms. The SMILES string of the molecule is CN=C1CCC(C)=C(C)C1=NC(=O)OCc1ccccc1. The normalized spacial score (nSPS) is 19.2. The average molecular weight is 284 g/mol. The van der Waals surface area contributed by atoms with E-state index in [1.807, 2.05) is 37.3 Å². The van der Waals surface area contributed by atoms with Gasteiger partial charge < -0.3 is 4.74 Å². The molecule has 0 unspecified atom stereocenters. The fourth-order valence-corrected chi connectivity index (χ4v) is 2.24. The predicted octanol–water partition coefficient (Wildman–Crippen LogP) is 3.97. The van der Waals surface area contributed by atoms with Crippen molar-refractivity contribution in [2.75, 3.05) is 7.05 Å². The van der Waals surface area contributed by atoms with Gasteiger partial charge >= 0.3 is 6.09 Å². The van der Waals surface area contributed by atoms with Crippen LogP contribution in [0.15, 0.2) is 51.5 Å². The van der Waals surface area contributed by atoms with Gasteiger partial charge in [-0.15, -0.1) is 0 Å². The summed E-state index contributed by atoms with van der Waals surface area (Å²) < 4.78 is 5.20. The smallest absolute Gasteiger partial charge is 0.434 e. The Hall–Kier alpha value is -2.23. The summed E-state index contributed by atoms with van der Waals surface area (Å²) in [6.07, 6.45) is 1.23. The fourth-order valence-electron chi connectivity index (χ4n) is 2.24. The van der Waals surface area contributed by atoms with Crippen LogP contribution < -0.4 is 0 Å². The number of carbonyl (C=O) groups excluding carboxylic acids is 1. The Kier molecular flexibility index (Phi) is 5.04. The van der Waals surface area contributed by atoms with Gasteiger partial charge in [0, 0.05) is 7.05 Å². The lowest BCUT2D eigenvalue weighted by Crippen LogP contribution is -2.23. The zero-order chi connectivity index (χ0) is 15.2. The van der Waals surface area contributed by atoms with Crippen molar-refractivity contribution < 1.29 is 9.53 Å². The van der Waals surface area contributed by atoms with E-state index in [-0.39, 0.29) is 6.61 Å². The van der Waals surface area contributed by atoms with Crippen molar-refractivity contribution in [1.82, 2.24) is 0 Å². The van der Waals surface area contributed by atoms with E-state index in [1.54, 1.807) is 7.05 Å². The molecule has 0 fully saturated rings. The molecule has 1 aliphatic rings.